The summed E-state index contributed by atoms with van der Waals surface area (Å²) in [6, 6.07) is 9.39. The number of aromatic amines is 1. The number of pyridine rings is 1. The third kappa shape index (κ3) is 3.84. The summed E-state index contributed by atoms with van der Waals surface area (Å²) in [6.45, 7) is 8.50. The Morgan fingerprint density at radius 1 is 1.19 bits per heavy atom. The highest BCUT2D eigenvalue weighted by Gasteiger charge is 2.38. The molecule has 0 saturated carbocycles. The summed E-state index contributed by atoms with van der Waals surface area (Å²) in [4.78, 5) is 15.5. The average molecular weight is 458 g/mol. The molecule has 32 heavy (non-hydrogen) atoms. The molecule has 1 saturated heterocycles. The third-order valence-corrected chi connectivity index (χ3v) is 9.19. The van der Waals surface area contributed by atoms with Crippen LogP contribution in [-0.4, -0.2) is 41.1 Å². The van der Waals surface area contributed by atoms with Gasteiger partial charge >= 0.3 is 0 Å². The van der Waals surface area contributed by atoms with Crippen molar-refractivity contribution in [3.05, 3.63) is 52.9 Å². The maximum Gasteiger partial charge on any atom is 0.261 e. The maximum atomic E-state index is 13.1. The Morgan fingerprint density at radius 3 is 2.53 bits per heavy atom. The van der Waals surface area contributed by atoms with Gasteiger partial charge in [0.2, 0.25) is 0 Å². The number of aromatic nitrogens is 3. The minimum Gasteiger partial charge on any atom is -0.379 e. The first-order valence-electron chi connectivity index (χ1n) is 10.8. The van der Waals surface area contributed by atoms with Crippen LogP contribution in [0.4, 0.5) is 11.5 Å². The second-order valence-corrected chi connectivity index (χ2v) is 11.5. The zero-order valence-electron chi connectivity index (χ0n) is 18.8. The van der Waals surface area contributed by atoms with Crippen LogP contribution in [0.2, 0.25) is 0 Å². The molecule has 1 fully saturated rings. The van der Waals surface area contributed by atoms with Crippen LogP contribution >= 0.6 is 0 Å². The Morgan fingerprint density at radius 2 is 1.91 bits per heavy atom. The van der Waals surface area contributed by atoms with Gasteiger partial charge in [0.05, 0.1) is 21.8 Å². The largest absolute Gasteiger partial charge is 0.379 e. The molecule has 0 spiro atoms. The van der Waals surface area contributed by atoms with Gasteiger partial charge in [-0.3, -0.25) is 9.48 Å². The molecule has 9 heteroatoms. The van der Waals surface area contributed by atoms with Crippen LogP contribution in [0.25, 0.3) is 10.9 Å². The fraction of sp³-hybridized carbons (Fsp3) is 0.435. The second kappa shape index (κ2) is 8.37. The van der Waals surface area contributed by atoms with Crippen molar-refractivity contribution in [2.45, 2.75) is 50.2 Å². The molecule has 1 aromatic carbocycles. The average Bonchev–Trinajstić information content (AvgIpc) is 3.14. The highest BCUT2D eigenvalue weighted by atomic mass is 32.2. The molecule has 171 valence electrons. The fourth-order valence-electron chi connectivity index (χ4n) is 3.68. The molecular formula is C23H29N4O4S. The lowest BCUT2D eigenvalue weighted by atomic mass is 10.00. The fourth-order valence-corrected chi connectivity index (χ4v) is 5.40. The SMILES string of the molecule is CC(C)C(C)(C)S(=O)(=O)c1ccc(Nc2nn([C]3CCCOC3)c3cc[nH]c(=O)c23)cc1. The minimum absolute atomic E-state index is 0.0337. The smallest absolute Gasteiger partial charge is 0.261 e. The quantitative estimate of drug-likeness (QED) is 0.582. The van der Waals surface area contributed by atoms with Crippen molar-refractivity contribution in [2.24, 2.45) is 5.92 Å². The highest BCUT2D eigenvalue weighted by Crippen LogP contribution is 2.33. The van der Waals surface area contributed by atoms with E-state index in [0.717, 1.165) is 25.5 Å². The van der Waals surface area contributed by atoms with E-state index in [1.165, 1.54) is 0 Å². The highest BCUT2D eigenvalue weighted by molar-refractivity contribution is 7.92. The normalized spacial score (nSPS) is 16.0. The number of nitrogens with zero attached hydrogens (tertiary/aromatic N) is 2. The molecule has 4 rings (SSSR count). The van der Waals surface area contributed by atoms with Gasteiger partial charge in [-0.25, -0.2) is 8.42 Å². The lowest BCUT2D eigenvalue weighted by Crippen LogP contribution is -2.37. The Labute approximate surface area is 187 Å². The van der Waals surface area contributed by atoms with Crippen molar-refractivity contribution in [1.82, 2.24) is 14.8 Å². The van der Waals surface area contributed by atoms with Crippen molar-refractivity contribution in [3.8, 4) is 0 Å². The summed E-state index contributed by atoms with van der Waals surface area (Å²) < 4.78 is 32.6. The number of H-pyrrole nitrogens is 1. The van der Waals surface area contributed by atoms with E-state index in [4.69, 9.17) is 4.74 Å². The molecule has 0 atom stereocenters. The van der Waals surface area contributed by atoms with Crippen LogP contribution in [0.15, 0.2) is 46.2 Å². The molecule has 0 aliphatic carbocycles. The van der Waals surface area contributed by atoms with Crippen LogP contribution in [0.3, 0.4) is 0 Å². The van der Waals surface area contributed by atoms with Crippen molar-refractivity contribution in [3.63, 3.8) is 0 Å². The lowest BCUT2D eigenvalue weighted by molar-refractivity contribution is 0.103. The third-order valence-electron chi connectivity index (χ3n) is 6.44. The van der Waals surface area contributed by atoms with Crippen molar-refractivity contribution < 1.29 is 13.2 Å². The van der Waals surface area contributed by atoms with Crippen LogP contribution in [0.1, 0.15) is 40.5 Å². The van der Waals surface area contributed by atoms with Gasteiger partial charge in [-0.2, -0.15) is 5.10 Å². The number of nitrogens with one attached hydrogen (secondary N) is 2. The molecule has 0 amide bonds. The number of rotatable bonds is 6. The molecule has 2 aromatic heterocycles. The van der Waals surface area contributed by atoms with Crippen LogP contribution in [0, 0.1) is 12.0 Å². The zero-order valence-corrected chi connectivity index (χ0v) is 19.6. The molecule has 3 heterocycles. The Hall–Kier alpha value is -2.65. The van der Waals surface area contributed by atoms with Gasteiger partial charge in [-0.05, 0) is 62.9 Å². The van der Waals surface area contributed by atoms with E-state index in [1.807, 2.05) is 19.9 Å². The van der Waals surface area contributed by atoms with E-state index in [9.17, 15) is 13.2 Å². The van der Waals surface area contributed by atoms with E-state index >= 15 is 0 Å². The maximum absolute atomic E-state index is 13.1. The molecule has 1 aliphatic rings. The Bertz CT molecular complexity index is 1270. The van der Waals surface area contributed by atoms with Crippen LogP contribution in [0.5, 0.6) is 0 Å². The van der Waals surface area contributed by atoms with E-state index < -0.39 is 14.6 Å². The van der Waals surface area contributed by atoms with E-state index in [-0.39, 0.29) is 16.4 Å². The summed E-state index contributed by atoms with van der Waals surface area (Å²) in [7, 11) is -3.50. The number of anilines is 2. The summed E-state index contributed by atoms with van der Waals surface area (Å²) in [6.07, 6.45) is 3.36. The predicted molar refractivity (Wildman–Crippen MR) is 125 cm³/mol. The number of sulfone groups is 1. The van der Waals surface area contributed by atoms with Gasteiger partial charge in [0.15, 0.2) is 15.7 Å². The summed E-state index contributed by atoms with van der Waals surface area (Å²) >= 11 is 0. The lowest BCUT2D eigenvalue weighted by Gasteiger charge is -2.29. The van der Waals surface area contributed by atoms with Crippen LogP contribution in [-0.2, 0) is 14.6 Å². The Kier molecular flexibility index (Phi) is 5.89. The molecule has 8 nitrogen and oxygen atoms in total. The van der Waals surface area contributed by atoms with Gasteiger partial charge in [-0.15, -0.1) is 0 Å². The summed E-state index contributed by atoms with van der Waals surface area (Å²) in [5.41, 5.74) is 1.10. The van der Waals surface area contributed by atoms with Crippen molar-refractivity contribution in [2.75, 3.05) is 18.5 Å². The van der Waals surface area contributed by atoms with Crippen molar-refractivity contribution >= 4 is 32.2 Å². The molecule has 2 N–H and O–H groups in total. The summed E-state index contributed by atoms with van der Waals surface area (Å²) in [5, 5.41) is 8.29. The number of ether oxygens (including phenoxy) is 1. The summed E-state index contributed by atoms with van der Waals surface area (Å²) in [5.74, 6) is 0.381. The number of hydrogen-bond donors (Lipinski definition) is 2. The number of hydrogen-bond acceptors (Lipinski definition) is 6. The van der Waals surface area contributed by atoms with Gasteiger partial charge in [0, 0.05) is 18.5 Å². The van der Waals surface area contributed by atoms with Crippen LogP contribution < -0.4 is 10.9 Å². The minimum atomic E-state index is -3.50. The first-order valence-corrected chi connectivity index (χ1v) is 12.3. The first-order chi connectivity index (χ1) is 15.1. The number of fused-ring (bicyclic) bond motifs is 1. The van der Waals surface area contributed by atoms with Gasteiger partial charge in [0.25, 0.3) is 5.56 Å². The monoisotopic (exact) mass is 457 g/mol. The number of benzene rings is 1. The topological polar surface area (TPSA) is 106 Å². The standard InChI is InChI=1S/C23H29N4O4S/c1-15(2)23(3,4)32(29,30)18-9-7-16(8-10-18)25-21-20-19(11-12-24-22(20)28)27(26-21)17-6-5-13-31-14-17/h7-12,15H,5-6,13-14H2,1-4H3,(H,24,28)(H,25,26). The van der Waals surface area contributed by atoms with E-state index in [0.29, 0.717) is 29.0 Å². The van der Waals surface area contributed by atoms with Crippen molar-refractivity contribution in [1.29, 1.82) is 0 Å². The molecule has 0 bridgehead atoms. The van der Waals surface area contributed by atoms with Gasteiger partial charge in [-0.1, -0.05) is 13.8 Å². The van der Waals surface area contributed by atoms with E-state index in [2.05, 4.69) is 15.4 Å². The molecule has 0 unspecified atom stereocenters. The molecule has 3 aromatic rings. The van der Waals surface area contributed by atoms with E-state index in [1.54, 1.807) is 49.0 Å². The Balaban J connectivity index is 1.68. The molecule has 1 aliphatic heterocycles. The molecule has 1 radical (unpaired) electrons. The first kappa shape index (κ1) is 22.5. The van der Waals surface area contributed by atoms with Gasteiger partial charge < -0.3 is 15.0 Å². The predicted octanol–water partition coefficient (Wildman–Crippen LogP) is 3.87. The molecular weight excluding hydrogens is 428 g/mol. The zero-order chi connectivity index (χ0) is 23.1. The second-order valence-electron chi connectivity index (χ2n) is 8.96. The van der Waals surface area contributed by atoms with Gasteiger partial charge in [0.1, 0.15) is 11.4 Å².